The van der Waals surface area contributed by atoms with Crippen molar-refractivity contribution in [3.8, 4) is 0 Å². The first kappa shape index (κ1) is 18.1. The minimum Gasteiger partial charge on any atom is -0.360 e. The van der Waals surface area contributed by atoms with Crippen LogP contribution < -0.4 is 4.90 Å². The van der Waals surface area contributed by atoms with Gasteiger partial charge in [0.25, 0.3) is 0 Å². The third-order valence-electron chi connectivity index (χ3n) is 6.53. The Kier molecular flexibility index (Phi) is 3.93. The molecular weight excluding hydrogens is 368 g/mol. The smallest absolute Gasteiger partial charge is 0.234 e. The van der Waals surface area contributed by atoms with Gasteiger partial charge in [0.15, 0.2) is 0 Å². The summed E-state index contributed by atoms with van der Waals surface area (Å²) in [6.45, 7) is 4.95. The van der Waals surface area contributed by atoms with Gasteiger partial charge in [-0.25, -0.2) is 0 Å². The molecule has 2 amide bonds. The minimum atomic E-state index is -0.713. The average Bonchev–Trinajstić information content (AvgIpc) is 3.46. The van der Waals surface area contributed by atoms with Crippen molar-refractivity contribution in [2.24, 2.45) is 11.8 Å². The number of anilines is 1. The molecule has 1 aromatic carbocycles. The van der Waals surface area contributed by atoms with Gasteiger partial charge in [-0.05, 0) is 43.2 Å². The Morgan fingerprint density at radius 2 is 2.17 bits per heavy atom. The first-order valence-electron chi connectivity index (χ1n) is 9.89. The Balaban J connectivity index is 1.43. The normalized spacial score (nSPS) is 29.6. The van der Waals surface area contributed by atoms with E-state index >= 15 is 0 Å². The number of rotatable bonds is 4. The molecule has 29 heavy (non-hydrogen) atoms. The first-order chi connectivity index (χ1) is 13.9. The van der Waals surface area contributed by atoms with Crippen LogP contribution in [-0.4, -0.2) is 52.2 Å². The van der Waals surface area contributed by atoms with Crippen LogP contribution in [0.2, 0.25) is 0 Å². The number of aromatic nitrogens is 2. The van der Waals surface area contributed by atoms with Gasteiger partial charge in [0, 0.05) is 18.9 Å². The molecule has 2 fully saturated rings. The number of ether oxygens (including phenoxy) is 1. The molecule has 4 atom stereocenters. The maximum atomic E-state index is 13.4. The van der Waals surface area contributed by atoms with Crippen LogP contribution in [0.1, 0.15) is 16.8 Å². The van der Waals surface area contributed by atoms with Crippen LogP contribution in [0.5, 0.6) is 0 Å². The molecule has 0 radical (unpaired) electrons. The van der Waals surface area contributed by atoms with Crippen molar-refractivity contribution in [3.63, 3.8) is 0 Å². The summed E-state index contributed by atoms with van der Waals surface area (Å²) in [7, 11) is 1.76. The van der Waals surface area contributed by atoms with E-state index in [9.17, 15) is 9.59 Å². The van der Waals surface area contributed by atoms with Crippen molar-refractivity contribution in [1.29, 1.82) is 0 Å². The Morgan fingerprint density at radius 3 is 2.90 bits per heavy atom. The molecule has 2 aromatic rings. The summed E-state index contributed by atoms with van der Waals surface area (Å²) in [6, 6.07) is 7.86. The maximum Gasteiger partial charge on any atom is 0.234 e. The lowest BCUT2D eigenvalue weighted by molar-refractivity contribution is -0.139. The summed E-state index contributed by atoms with van der Waals surface area (Å²) < 4.78 is 6.24. The van der Waals surface area contributed by atoms with Crippen LogP contribution in [0.25, 0.3) is 0 Å². The average molecular weight is 392 g/mol. The highest BCUT2D eigenvalue weighted by molar-refractivity contribution is 6.03. The van der Waals surface area contributed by atoms with E-state index in [1.165, 1.54) is 5.56 Å². The van der Waals surface area contributed by atoms with Crippen LogP contribution in [-0.2, 0) is 20.9 Å². The fourth-order valence-corrected chi connectivity index (χ4v) is 4.85. The predicted molar refractivity (Wildman–Crippen MR) is 107 cm³/mol. The van der Waals surface area contributed by atoms with E-state index in [0.29, 0.717) is 13.1 Å². The number of fused-ring (bicyclic) bond motifs is 1. The van der Waals surface area contributed by atoms with Crippen LogP contribution in [0.3, 0.4) is 0 Å². The SMILES string of the molecule is Cc1ccc(N2C[C@]34C=C[C@H](O3)[C@H](C(=O)N(C)Cc3ccn[nH]3)[C@@H]4C2=O)cc1C. The first-order valence-corrected chi connectivity index (χ1v) is 9.89. The van der Waals surface area contributed by atoms with Crippen molar-refractivity contribution >= 4 is 17.5 Å². The van der Waals surface area contributed by atoms with Crippen LogP contribution >= 0.6 is 0 Å². The number of nitrogens with one attached hydrogen (secondary N) is 1. The molecule has 0 unspecified atom stereocenters. The molecule has 1 spiro atoms. The van der Waals surface area contributed by atoms with Crippen LogP contribution in [0, 0.1) is 25.7 Å². The Labute approximate surface area is 169 Å². The molecule has 1 N–H and O–H groups in total. The molecule has 7 nitrogen and oxygen atoms in total. The molecule has 0 aliphatic carbocycles. The summed E-state index contributed by atoms with van der Waals surface area (Å²) in [5.41, 5.74) is 3.32. The standard InChI is InChI=1S/C22H24N4O3/c1-13-4-5-16(10-14(13)2)26-12-22-8-6-17(29-22)18(19(22)21(26)28)20(27)25(3)11-15-7-9-23-24-15/h4-10,17-19H,11-12H2,1-3H3,(H,23,24)/t17-,18-,19+,22-/m0/s1. The second-order valence-electron chi connectivity index (χ2n) is 8.37. The topological polar surface area (TPSA) is 78.5 Å². The number of aryl methyl sites for hydroxylation is 2. The van der Waals surface area contributed by atoms with Gasteiger partial charge in [0.1, 0.15) is 5.60 Å². The summed E-state index contributed by atoms with van der Waals surface area (Å²) in [5, 5.41) is 6.81. The van der Waals surface area contributed by atoms with E-state index in [4.69, 9.17) is 4.74 Å². The van der Waals surface area contributed by atoms with E-state index in [2.05, 4.69) is 17.1 Å². The molecule has 5 rings (SSSR count). The zero-order valence-electron chi connectivity index (χ0n) is 16.8. The molecule has 7 heteroatoms. The van der Waals surface area contributed by atoms with Crippen molar-refractivity contribution in [3.05, 3.63) is 59.4 Å². The van der Waals surface area contributed by atoms with Crippen molar-refractivity contribution in [2.45, 2.75) is 32.1 Å². The number of H-pyrrole nitrogens is 1. The Morgan fingerprint density at radius 1 is 1.34 bits per heavy atom. The number of benzene rings is 1. The third-order valence-corrected chi connectivity index (χ3v) is 6.53. The number of hydrogen-bond acceptors (Lipinski definition) is 4. The highest BCUT2D eigenvalue weighted by Crippen LogP contribution is 2.53. The minimum absolute atomic E-state index is 0.0339. The highest BCUT2D eigenvalue weighted by atomic mass is 16.5. The maximum absolute atomic E-state index is 13.4. The molecule has 1 aromatic heterocycles. The van der Waals surface area contributed by atoms with Gasteiger partial charge in [-0.15, -0.1) is 0 Å². The zero-order chi connectivity index (χ0) is 20.3. The van der Waals surface area contributed by atoms with Gasteiger partial charge >= 0.3 is 0 Å². The number of carbonyl (C=O) groups is 2. The summed E-state index contributed by atoms with van der Waals surface area (Å²) in [6.07, 6.45) is 5.25. The molecule has 3 aliphatic rings. The van der Waals surface area contributed by atoms with E-state index in [1.54, 1.807) is 23.0 Å². The molecule has 150 valence electrons. The summed E-state index contributed by atoms with van der Waals surface area (Å²) in [5.74, 6) is -1.10. The van der Waals surface area contributed by atoms with Crippen LogP contribution in [0.15, 0.2) is 42.6 Å². The predicted octanol–water partition coefficient (Wildman–Crippen LogP) is 1.97. The van der Waals surface area contributed by atoms with Crippen molar-refractivity contribution in [1.82, 2.24) is 15.1 Å². The molecule has 2 bridgehead atoms. The number of carbonyl (C=O) groups excluding carboxylic acids is 2. The van der Waals surface area contributed by atoms with E-state index in [0.717, 1.165) is 16.9 Å². The Bertz CT molecular complexity index is 1020. The fourth-order valence-electron chi connectivity index (χ4n) is 4.85. The lowest BCUT2D eigenvalue weighted by Crippen LogP contribution is -2.44. The number of amides is 2. The van der Waals surface area contributed by atoms with Gasteiger partial charge < -0.3 is 14.5 Å². The molecule has 3 aliphatic heterocycles. The molecule has 0 saturated carbocycles. The van der Waals surface area contributed by atoms with Crippen molar-refractivity contribution < 1.29 is 14.3 Å². The fraction of sp³-hybridized carbons (Fsp3) is 0.409. The lowest BCUT2D eigenvalue weighted by Gasteiger charge is -2.27. The second kappa shape index (κ2) is 6.29. The van der Waals surface area contributed by atoms with Gasteiger partial charge in [-0.1, -0.05) is 18.2 Å². The van der Waals surface area contributed by atoms with Gasteiger partial charge in [0.05, 0.1) is 36.7 Å². The second-order valence-corrected chi connectivity index (χ2v) is 8.37. The van der Waals surface area contributed by atoms with E-state index in [1.807, 2.05) is 43.3 Å². The quantitative estimate of drug-likeness (QED) is 0.807. The lowest BCUT2D eigenvalue weighted by atomic mass is 9.76. The monoisotopic (exact) mass is 392 g/mol. The number of hydrogen-bond donors (Lipinski definition) is 1. The van der Waals surface area contributed by atoms with Gasteiger partial charge in [0.2, 0.25) is 11.8 Å². The van der Waals surface area contributed by atoms with E-state index < -0.39 is 17.4 Å². The van der Waals surface area contributed by atoms with Gasteiger partial charge in [-0.3, -0.25) is 14.7 Å². The van der Waals surface area contributed by atoms with E-state index in [-0.39, 0.29) is 17.9 Å². The summed E-state index contributed by atoms with van der Waals surface area (Å²) >= 11 is 0. The van der Waals surface area contributed by atoms with Gasteiger partial charge in [-0.2, -0.15) is 5.10 Å². The largest absolute Gasteiger partial charge is 0.360 e. The molecule has 4 heterocycles. The van der Waals surface area contributed by atoms with Crippen LogP contribution in [0.4, 0.5) is 5.69 Å². The van der Waals surface area contributed by atoms with Crippen molar-refractivity contribution in [2.75, 3.05) is 18.5 Å². The number of nitrogens with zero attached hydrogens (tertiary/aromatic N) is 3. The number of aromatic amines is 1. The Hall–Kier alpha value is -2.93. The zero-order valence-corrected chi connectivity index (χ0v) is 16.8. The highest BCUT2D eigenvalue weighted by Gasteiger charge is 2.67. The molecule has 2 saturated heterocycles. The molecular formula is C22H24N4O3. The summed E-state index contributed by atoms with van der Waals surface area (Å²) in [4.78, 5) is 30.2. The third kappa shape index (κ3) is 2.64.